The van der Waals surface area contributed by atoms with Crippen LogP contribution in [0.1, 0.15) is 137 Å². The molecule has 0 N–H and O–H groups in total. The third kappa shape index (κ3) is 10.7. The maximum absolute atomic E-state index is 4.24. The molecule has 2 nitrogen and oxygen atoms in total. The first-order valence-electron chi connectivity index (χ1n) is 12.6. The van der Waals surface area contributed by atoms with Crippen LogP contribution in [0.2, 0.25) is 0 Å². The fourth-order valence-corrected chi connectivity index (χ4v) is 4.63. The number of unbranched alkanes of at least 4 members (excludes halogenated alkanes) is 14. The van der Waals surface area contributed by atoms with Crippen molar-refractivity contribution >= 4 is 0 Å². The fraction of sp³-hybridized carbons (Fsp3) is 0.885. The van der Waals surface area contributed by atoms with Gasteiger partial charge in [0.1, 0.15) is 0 Å². The maximum Gasteiger partial charge on any atom is 0.0951 e. The molecule has 0 unspecified atom stereocenters. The van der Waals surface area contributed by atoms with Gasteiger partial charge in [0, 0.05) is 17.9 Å². The van der Waals surface area contributed by atoms with Gasteiger partial charge in [-0.1, -0.05) is 117 Å². The summed E-state index contributed by atoms with van der Waals surface area (Å²) in [6, 6.07) is 0. The van der Waals surface area contributed by atoms with Gasteiger partial charge in [-0.2, -0.15) is 0 Å². The van der Waals surface area contributed by atoms with Crippen molar-refractivity contribution in [2.45, 2.75) is 142 Å². The van der Waals surface area contributed by atoms with Crippen molar-refractivity contribution < 1.29 is 0 Å². The van der Waals surface area contributed by atoms with Gasteiger partial charge in [-0.15, -0.1) is 0 Å². The summed E-state index contributed by atoms with van der Waals surface area (Å²) in [7, 11) is 0. The molecule has 0 aliphatic rings. The second-order valence-corrected chi connectivity index (χ2v) is 9.47. The highest BCUT2D eigenvalue weighted by atomic mass is 15.1. The van der Waals surface area contributed by atoms with Crippen molar-refractivity contribution in [2.24, 2.45) is 5.92 Å². The van der Waals surface area contributed by atoms with E-state index in [4.69, 9.17) is 0 Å². The largest absolute Gasteiger partial charge is 0.332 e. The normalized spacial score (nSPS) is 13.1. The van der Waals surface area contributed by atoms with E-state index in [-0.39, 0.29) is 5.54 Å². The molecule has 0 aromatic carbocycles. The Kier molecular flexibility index (Phi) is 14.5. The standard InChI is InChI=1S/C26H50N2/c1-5-7-8-9-10-11-12-13-14-15-16-17-18-19-20-21-25(6-2)26(3,4)28-23-22-27-24-28/h22-25H,5-21H2,1-4H3/t25-/m0/s1. The predicted molar refractivity (Wildman–Crippen MR) is 125 cm³/mol. The Morgan fingerprint density at radius 3 is 1.57 bits per heavy atom. The smallest absolute Gasteiger partial charge is 0.0951 e. The monoisotopic (exact) mass is 390 g/mol. The Morgan fingerprint density at radius 1 is 0.714 bits per heavy atom. The van der Waals surface area contributed by atoms with Crippen LogP contribution < -0.4 is 0 Å². The Labute approximate surface area is 176 Å². The molecule has 0 fully saturated rings. The lowest BCUT2D eigenvalue weighted by Gasteiger charge is -2.35. The number of nitrogens with zero attached hydrogens (tertiary/aromatic N) is 2. The van der Waals surface area contributed by atoms with Gasteiger partial charge in [0.15, 0.2) is 0 Å². The van der Waals surface area contributed by atoms with Crippen molar-refractivity contribution in [2.75, 3.05) is 0 Å². The summed E-state index contributed by atoms with van der Waals surface area (Å²) < 4.78 is 2.30. The SMILES string of the molecule is CCCCCCCCCCCCCCCCC[C@H](CC)C(C)(C)n1ccnc1. The molecule has 0 aliphatic carbocycles. The predicted octanol–water partition coefficient (Wildman–Crippen LogP) is 8.91. The second kappa shape index (κ2) is 16.1. The van der Waals surface area contributed by atoms with Crippen molar-refractivity contribution in [3.05, 3.63) is 18.7 Å². The van der Waals surface area contributed by atoms with E-state index in [9.17, 15) is 0 Å². The summed E-state index contributed by atoms with van der Waals surface area (Å²) in [6.07, 6.45) is 30.2. The molecule has 1 atom stereocenters. The first-order chi connectivity index (χ1) is 13.6. The summed E-state index contributed by atoms with van der Waals surface area (Å²) >= 11 is 0. The zero-order valence-electron chi connectivity index (χ0n) is 19.7. The molecule has 0 saturated heterocycles. The van der Waals surface area contributed by atoms with Crippen LogP contribution in [0.3, 0.4) is 0 Å². The molecule has 0 bridgehead atoms. The van der Waals surface area contributed by atoms with E-state index < -0.39 is 0 Å². The Hall–Kier alpha value is -0.790. The van der Waals surface area contributed by atoms with E-state index in [1.807, 2.05) is 12.5 Å². The minimum atomic E-state index is 0.182. The summed E-state index contributed by atoms with van der Waals surface area (Å²) in [5, 5.41) is 0. The van der Waals surface area contributed by atoms with Gasteiger partial charge in [0.2, 0.25) is 0 Å². The first-order valence-corrected chi connectivity index (χ1v) is 12.6. The third-order valence-corrected chi connectivity index (χ3v) is 6.82. The van der Waals surface area contributed by atoms with E-state index in [1.165, 1.54) is 109 Å². The molecule has 2 heteroatoms. The van der Waals surface area contributed by atoms with E-state index in [0.717, 1.165) is 5.92 Å². The van der Waals surface area contributed by atoms with Gasteiger partial charge in [-0.05, 0) is 26.2 Å². The van der Waals surface area contributed by atoms with Gasteiger partial charge in [0.05, 0.1) is 6.33 Å². The Bertz CT molecular complexity index is 435. The average Bonchev–Trinajstić information content (AvgIpc) is 3.23. The Morgan fingerprint density at radius 2 is 1.18 bits per heavy atom. The van der Waals surface area contributed by atoms with Crippen molar-refractivity contribution in [3.63, 3.8) is 0 Å². The molecule has 0 saturated carbocycles. The summed E-state index contributed by atoms with van der Waals surface area (Å²) in [4.78, 5) is 4.24. The minimum absolute atomic E-state index is 0.182. The molecule has 164 valence electrons. The first kappa shape index (κ1) is 25.2. The molecule has 1 aromatic heterocycles. The molecule has 0 radical (unpaired) electrons. The van der Waals surface area contributed by atoms with Gasteiger partial charge in [-0.25, -0.2) is 4.98 Å². The summed E-state index contributed by atoms with van der Waals surface area (Å²) in [6.45, 7) is 9.38. The van der Waals surface area contributed by atoms with Crippen LogP contribution in [0.5, 0.6) is 0 Å². The van der Waals surface area contributed by atoms with Gasteiger partial charge in [-0.3, -0.25) is 0 Å². The van der Waals surface area contributed by atoms with Crippen LogP contribution in [-0.4, -0.2) is 9.55 Å². The zero-order valence-corrected chi connectivity index (χ0v) is 19.7. The fourth-order valence-electron chi connectivity index (χ4n) is 4.63. The molecular formula is C26H50N2. The highest BCUT2D eigenvalue weighted by Gasteiger charge is 2.28. The van der Waals surface area contributed by atoms with Crippen molar-refractivity contribution in [3.8, 4) is 0 Å². The molecule has 1 aromatic rings. The van der Waals surface area contributed by atoms with Crippen LogP contribution in [0.4, 0.5) is 0 Å². The molecule has 28 heavy (non-hydrogen) atoms. The van der Waals surface area contributed by atoms with Crippen LogP contribution in [0, 0.1) is 5.92 Å². The Balaban J connectivity index is 1.93. The maximum atomic E-state index is 4.24. The van der Waals surface area contributed by atoms with Crippen LogP contribution in [0.25, 0.3) is 0 Å². The van der Waals surface area contributed by atoms with Gasteiger partial charge < -0.3 is 4.57 Å². The van der Waals surface area contributed by atoms with Gasteiger partial charge >= 0.3 is 0 Å². The number of imidazole rings is 1. The van der Waals surface area contributed by atoms with Crippen molar-refractivity contribution in [1.82, 2.24) is 9.55 Å². The lowest BCUT2D eigenvalue weighted by molar-refractivity contribution is 0.191. The lowest BCUT2D eigenvalue weighted by atomic mass is 9.81. The quantitative estimate of drug-likeness (QED) is 0.216. The lowest BCUT2D eigenvalue weighted by Crippen LogP contribution is -2.34. The highest BCUT2D eigenvalue weighted by molar-refractivity contribution is 4.90. The molecule has 1 heterocycles. The van der Waals surface area contributed by atoms with Gasteiger partial charge in [0.25, 0.3) is 0 Å². The molecule has 0 spiro atoms. The third-order valence-electron chi connectivity index (χ3n) is 6.82. The number of hydrogen-bond acceptors (Lipinski definition) is 1. The number of aromatic nitrogens is 2. The molecule has 0 amide bonds. The van der Waals surface area contributed by atoms with Crippen LogP contribution >= 0.6 is 0 Å². The van der Waals surface area contributed by atoms with Crippen molar-refractivity contribution in [1.29, 1.82) is 0 Å². The van der Waals surface area contributed by atoms with Crippen LogP contribution in [0.15, 0.2) is 18.7 Å². The summed E-state index contributed by atoms with van der Waals surface area (Å²) in [5.74, 6) is 0.740. The summed E-state index contributed by atoms with van der Waals surface area (Å²) in [5.41, 5.74) is 0.182. The molecule has 1 rings (SSSR count). The topological polar surface area (TPSA) is 17.8 Å². The van der Waals surface area contributed by atoms with Crippen LogP contribution in [-0.2, 0) is 5.54 Å². The number of rotatable bonds is 19. The highest BCUT2D eigenvalue weighted by Crippen LogP contribution is 2.32. The van der Waals surface area contributed by atoms with E-state index in [0.29, 0.717) is 0 Å². The molecular weight excluding hydrogens is 340 g/mol. The van der Waals surface area contributed by atoms with E-state index in [1.54, 1.807) is 0 Å². The second-order valence-electron chi connectivity index (χ2n) is 9.47. The zero-order chi connectivity index (χ0) is 20.5. The minimum Gasteiger partial charge on any atom is -0.332 e. The molecule has 0 aliphatic heterocycles. The average molecular weight is 391 g/mol. The number of hydrogen-bond donors (Lipinski definition) is 0. The van der Waals surface area contributed by atoms with E-state index in [2.05, 4.69) is 43.4 Å². The van der Waals surface area contributed by atoms with E-state index >= 15 is 0 Å².